The summed E-state index contributed by atoms with van der Waals surface area (Å²) in [5.41, 5.74) is 0.376. The lowest BCUT2D eigenvalue weighted by Gasteiger charge is -2.28. The molecule has 2 rings (SSSR count). The first-order valence-corrected chi connectivity index (χ1v) is 16.8. The zero-order valence-electron chi connectivity index (χ0n) is 26.7. The number of ketones is 1. The van der Waals surface area contributed by atoms with Crippen molar-refractivity contribution in [3.05, 3.63) is 18.2 Å². The molecular weight excluding hydrogens is 625 g/mol. The molecular formula is C28H46N7O10P. The molecule has 0 spiro atoms. The Morgan fingerprint density at radius 3 is 2.11 bits per heavy atom. The van der Waals surface area contributed by atoms with Gasteiger partial charge in [-0.2, -0.15) is 0 Å². The molecule has 1 aliphatic heterocycles. The lowest BCUT2D eigenvalue weighted by Crippen LogP contribution is -2.60. The molecule has 1 aromatic heterocycles. The summed E-state index contributed by atoms with van der Waals surface area (Å²) in [5.74, 6) is -4.94. The van der Waals surface area contributed by atoms with E-state index in [-0.39, 0.29) is 24.7 Å². The third kappa shape index (κ3) is 11.9. The van der Waals surface area contributed by atoms with E-state index in [4.69, 9.17) is 0 Å². The Labute approximate surface area is 267 Å². The molecule has 0 aromatic carbocycles. The van der Waals surface area contributed by atoms with Gasteiger partial charge in [-0.05, 0) is 38.0 Å². The molecule has 8 N–H and O–H groups in total. The first kappa shape index (κ1) is 38.5. The Hall–Kier alpha value is -3.66. The van der Waals surface area contributed by atoms with E-state index < -0.39 is 85.9 Å². The Balaban J connectivity index is 2.23. The highest BCUT2D eigenvalue weighted by atomic mass is 31.2. The molecule has 0 aliphatic carbocycles. The maximum Gasteiger partial charge on any atom is 0.325 e. The number of aromatic amines is 1. The fourth-order valence-electron chi connectivity index (χ4n) is 5.33. The second-order valence-electron chi connectivity index (χ2n) is 12.1. The number of hydrogen-bond donors (Lipinski definition) is 8. The quantitative estimate of drug-likeness (QED) is 0.0870. The summed E-state index contributed by atoms with van der Waals surface area (Å²) in [4.78, 5) is 104. The van der Waals surface area contributed by atoms with E-state index in [9.17, 15) is 48.2 Å². The van der Waals surface area contributed by atoms with Crippen molar-refractivity contribution >= 4 is 42.9 Å². The van der Waals surface area contributed by atoms with Crippen molar-refractivity contribution in [1.82, 2.24) is 36.1 Å². The van der Waals surface area contributed by atoms with Crippen LogP contribution >= 0.6 is 7.60 Å². The Bertz CT molecular complexity index is 1290. The van der Waals surface area contributed by atoms with Gasteiger partial charge in [0.15, 0.2) is 5.78 Å². The summed E-state index contributed by atoms with van der Waals surface area (Å²) in [6.07, 6.45) is 3.32. The van der Waals surface area contributed by atoms with E-state index in [1.165, 1.54) is 31.3 Å². The average Bonchev–Trinajstić information content (AvgIpc) is 3.64. The van der Waals surface area contributed by atoms with Crippen LogP contribution in [0.15, 0.2) is 12.5 Å². The average molecular weight is 672 g/mol. The molecule has 6 atom stereocenters. The number of aliphatic hydroxyl groups is 1. The van der Waals surface area contributed by atoms with Gasteiger partial charge in [0, 0.05) is 26.1 Å². The molecule has 258 valence electrons. The molecule has 1 saturated heterocycles. The Kier molecular flexibility index (Phi) is 14.5. The summed E-state index contributed by atoms with van der Waals surface area (Å²) in [6, 6.07) is -6.04. The molecule has 1 aliphatic rings. The van der Waals surface area contributed by atoms with E-state index >= 15 is 0 Å². The Morgan fingerprint density at radius 2 is 1.59 bits per heavy atom. The lowest BCUT2D eigenvalue weighted by molar-refractivity contribution is -0.138. The summed E-state index contributed by atoms with van der Waals surface area (Å²) in [7, 11) is -4.52. The van der Waals surface area contributed by atoms with Crippen LogP contribution in [0, 0.1) is 11.8 Å². The number of nitrogens with zero attached hydrogens (tertiary/aromatic N) is 2. The van der Waals surface area contributed by atoms with Crippen LogP contribution in [0.5, 0.6) is 0 Å². The number of Topliss-reactive ketones (excluding diaryl/α,β-unsaturated/α-hetero) is 1. The van der Waals surface area contributed by atoms with Crippen LogP contribution in [0.3, 0.4) is 0 Å². The summed E-state index contributed by atoms with van der Waals surface area (Å²) in [5, 5.41) is 19.9. The van der Waals surface area contributed by atoms with Crippen molar-refractivity contribution in [1.29, 1.82) is 0 Å². The van der Waals surface area contributed by atoms with Crippen LogP contribution in [0.1, 0.15) is 59.6 Å². The highest BCUT2D eigenvalue weighted by molar-refractivity contribution is 7.51. The van der Waals surface area contributed by atoms with Crippen LogP contribution in [0.25, 0.3) is 0 Å². The van der Waals surface area contributed by atoms with Crippen LogP contribution in [0.4, 0.5) is 0 Å². The monoisotopic (exact) mass is 671 g/mol. The van der Waals surface area contributed by atoms with Crippen LogP contribution in [-0.2, 0) is 39.8 Å². The van der Waals surface area contributed by atoms with Gasteiger partial charge in [-0.1, -0.05) is 20.8 Å². The van der Waals surface area contributed by atoms with Crippen LogP contribution in [0.2, 0.25) is 0 Å². The molecule has 1 fully saturated rings. The molecule has 0 saturated carbocycles. The number of hydrogen-bond acceptors (Lipinski definition) is 9. The molecule has 17 nitrogen and oxygen atoms in total. The molecule has 0 unspecified atom stereocenters. The van der Waals surface area contributed by atoms with Crippen molar-refractivity contribution in [2.75, 3.05) is 19.3 Å². The summed E-state index contributed by atoms with van der Waals surface area (Å²) >= 11 is 0. The van der Waals surface area contributed by atoms with Gasteiger partial charge < -0.3 is 46.0 Å². The zero-order chi connectivity index (χ0) is 34.8. The summed E-state index contributed by atoms with van der Waals surface area (Å²) < 4.78 is 11.5. The van der Waals surface area contributed by atoms with Crippen LogP contribution in [-0.4, -0.2) is 115 Å². The van der Waals surface area contributed by atoms with E-state index in [2.05, 4.69) is 31.2 Å². The number of likely N-dealkylation sites (tertiary alicyclic amines) is 1. The molecule has 5 amide bonds. The van der Waals surface area contributed by atoms with E-state index in [0.717, 1.165) is 6.92 Å². The van der Waals surface area contributed by atoms with Gasteiger partial charge in [-0.25, -0.2) is 4.98 Å². The first-order chi connectivity index (χ1) is 21.4. The van der Waals surface area contributed by atoms with Crippen LogP contribution < -0.4 is 21.3 Å². The fourth-order valence-corrected chi connectivity index (χ4v) is 6.29. The van der Waals surface area contributed by atoms with Crippen molar-refractivity contribution in [3.8, 4) is 0 Å². The number of imidazole rings is 1. The SMILES string of the molecule is CC(=O)[C@@H](NC(=O)[C@H](CO)NC(=O)[C@H](Cc1c[nH]cn1)NC(=O)[C@H](CC(C)C)NC(=O)[C@@H]1CCCN1C(C)=O)[C@@H](C)CP(=O)(O)O. The first-order valence-electron chi connectivity index (χ1n) is 15.1. The minimum Gasteiger partial charge on any atom is -0.394 e. The number of aromatic nitrogens is 2. The zero-order valence-corrected chi connectivity index (χ0v) is 27.6. The lowest BCUT2D eigenvalue weighted by atomic mass is 10.00. The maximum atomic E-state index is 13.5. The van der Waals surface area contributed by atoms with Crippen molar-refractivity contribution in [2.45, 2.75) is 90.5 Å². The van der Waals surface area contributed by atoms with Gasteiger partial charge >= 0.3 is 7.60 Å². The minimum atomic E-state index is -4.52. The van der Waals surface area contributed by atoms with Gasteiger partial charge in [0.05, 0.1) is 30.8 Å². The maximum absolute atomic E-state index is 13.5. The highest BCUT2D eigenvalue weighted by Crippen LogP contribution is 2.37. The Morgan fingerprint density at radius 1 is 0.978 bits per heavy atom. The number of rotatable bonds is 17. The van der Waals surface area contributed by atoms with Crippen molar-refractivity contribution in [2.24, 2.45) is 11.8 Å². The minimum absolute atomic E-state index is 0.0493. The second-order valence-corrected chi connectivity index (χ2v) is 13.7. The normalized spacial score (nSPS) is 18.2. The van der Waals surface area contributed by atoms with E-state index in [0.29, 0.717) is 25.1 Å². The summed E-state index contributed by atoms with van der Waals surface area (Å²) in [6.45, 7) is 7.07. The predicted molar refractivity (Wildman–Crippen MR) is 164 cm³/mol. The number of aliphatic hydroxyl groups excluding tert-OH is 1. The standard InChI is InChI=1S/C28H46N7O10P/c1-15(2)9-20(32-28(42)23-7-6-8-35(23)18(5)38)25(39)31-21(10-19-11-29-14-30-19)26(40)33-22(12-36)27(41)34-24(17(4)37)16(3)13-46(43,44)45/h11,14-16,20-24,36H,6-10,12-13H2,1-5H3,(H,29,30)(H,31,39)(H,32,42)(H,33,40)(H,34,41)(H2,43,44,45)/t16-,20-,21-,22-,23-,24-/m0/s1. The number of H-pyrrole nitrogens is 1. The second kappa shape index (κ2) is 17.3. The molecule has 46 heavy (non-hydrogen) atoms. The molecule has 0 radical (unpaired) electrons. The fraction of sp³-hybridized carbons (Fsp3) is 0.679. The van der Waals surface area contributed by atoms with Gasteiger partial charge in [0.2, 0.25) is 29.5 Å². The van der Waals surface area contributed by atoms with Gasteiger partial charge in [-0.15, -0.1) is 0 Å². The number of nitrogens with one attached hydrogen (secondary N) is 5. The van der Waals surface area contributed by atoms with Gasteiger partial charge in [-0.3, -0.25) is 33.3 Å². The van der Waals surface area contributed by atoms with Crippen molar-refractivity contribution < 1.29 is 48.2 Å². The van der Waals surface area contributed by atoms with E-state index in [1.807, 2.05) is 13.8 Å². The molecule has 1 aromatic rings. The largest absolute Gasteiger partial charge is 0.394 e. The topological polar surface area (TPSA) is 260 Å². The van der Waals surface area contributed by atoms with Crippen molar-refractivity contribution in [3.63, 3.8) is 0 Å². The third-order valence-corrected chi connectivity index (χ3v) is 8.60. The smallest absolute Gasteiger partial charge is 0.325 e. The van der Waals surface area contributed by atoms with Gasteiger partial charge in [0.25, 0.3) is 0 Å². The molecule has 0 bridgehead atoms. The predicted octanol–water partition coefficient (Wildman–Crippen LogP) is -1.66. The molecule has 2 heterocycles. The third-order valence-electron chi connectivity index (χ3n) is 7.55. The number of amides is 5. The highest BCUT2D eigenvalue weighted by Gasteiger charge is 2.37. The van der Waals surface area contributed by atoms with Gasteiger partial charge in [0.1, 0.15) is 24.2 Å². The van der Waals surface area contributed by atoms with E-state index in [1.54, 1.807) is 0 Å². The molecule has 18 heteroatoms. The number of carbonyl (C=O) groups is 6. The number of carbonyl (C=O) groups excluding carboxylic acids is 6.